The number of benzene rings is 2. The van der Waals surface area contributed by atoms with E-state index in [-0.39, 0.29) is 42.3 Å². The Bertz CT molecular complexity index is 1080. The van der Waals surface area contributed by atoms with Crippen LogP contribution in [-0.2, 0) is 24.3 Å². The topological polar surface area (TPSA) is 105 Å². The van der Waals surface area contributed by atoms with Crippen molar-refractivity contribution in [3.8, 4) is 0 Å². The van der Waals surface area contributed by atoms with Crippen LogP contribution in [0.4, 0.5) is 15.8 Å². The second-order valence-corrected chi connectivity index (χ2v) is 9.65. The maximum absolute atomic E-state index is 13.1. The van der Waals surface area contributed by atoms with E-state index >= 15 is 0 Å². The van der Waals surface area contributed by atoms with E-state index in [2.05, 4.69) is 10.0 Å². The quantitative estimate of drug-likeness (QED) is 0.658. The molecule has 2 aromatic carbocycles. The van der Waals surface area contributed by atoms with Gasteiger partial charge in [0.2, 0.25) is 21.8 Å². The van der Waals surface area contributed by atoms with Crippen molar-refractivity contribution in [1.29, 1.82) is 0 Å². The van der Waals surface area contributed by atoms with Crippen LogP contribution in [0, 0.1) is 11.7 Å². The fraction of sp³-hybridized carbons (Fsp3) is 0.364. The molecular formula is C22H24FN3O5S. The molecule has 0 bridgehead atoms. The summed E-state index contributed by atoms with van der Waals surface area (Å²) in [5.41, 5.74) is 0.970. The Kier molecular flexibility index (Phi) is 6.54. The van der Waals surface area contributed by atoms with Crippen molar-refractivity contribution in [3.05, 3.63) is 54.3 Å². The number of halogens is 1. The van der Waals surface area contributed by atoms with Crippen LogP contribution in [0.2, 0.25) is 0 Å². The maximum Gasteiger partial charge on any atom is 0.240 e. The predicted molar refractivity (Wildman–Crippen MR) is 116 cm³/mol. The van der Waals surface area contributed by atoms with Crippen LogP contribution in [0.15, 0.2) is 53.4 Å². The Morgan fingerprint density at radius 3 is 2.50 bits per heavy atom. The summed E-state index contributed by atoms with van der Waals surface area (Å²) < 4.78 is 46.0. The maximum atomic E-state index is 13.1. The first kappa shape index (κ1) is 22.4. The highest BCUT2D eigenvalue weighted by molar-refractivity contribution is 7.89. The molecular weight excluding hydrogens is 437 g/mol. The number of hydrogen-bond acceptors (Lipinski definition) is 5. The van der Waals surface area contributed by atoms with Crippen molar-refractivity contribution in [1.82, 2.24) is 4.72 Å². The molecule has 2 saturated heterocycles. The summed E-state index contributed by atoms with van der Waals surface area (Å²) in [7, 11) is -3.68. The van der Waals surface area contributed by atoms with E-state index < -0.39 is 21.8 Å². The van der Waals surface area contributed by atoms with Crippen LogP contribution in [-0.4, -0.2) is 46.0 Å². The highest BCUT2D eigenvalue weighted by atomic mass is 32.2. The zero-order chi connectivity index (χ0) is 22.7. The molecule has 0 aliphatic carbocycles. The largest absolute Gasteiger partial charge is 0.377 e. The highest BCUT2D eigenvalue weighted by Crippen LogP contribution is 2.26. The average molecular weight is 462 g/mol. The third-order valence-electron chi connectivity index (χ3n) is 5.59. The van der Waals surface area contributed by atoms with E-state index in [0.29, 0.717) is 18.0 Å². The molecule has 2 aromatic rings. The Balaban J connectivity index is 1.34. The van der Waals surface area contributed by atoms with Gasteiger partial charge >= 0.3 is 0 Å². The second kappa shape index (κ2) is 9.35. The molecule has 0 aromatic heterocycles. The van der Waals surface area contributed by atoms with Gasteiger partial charge in [0.05, 0.1) is 16.9 Å². The van der Waals surface area contributed by atoms with Gasteiger partial charge in [-0.25, -0.2) is 17.5 Å². The minimum atomic E-state index is -3.68. The minimum Gasteiger partial charge on any atom is -0.377 e. The standard InChI is InChI=1S/C22H24FN3O5S/c23-16-3-7-18(8-4-16)26-14-15(12-21(26)27)22(28)25-17-5-9-20(10-6-17)32(29,30)24-13-19-2-1-11-31-19/h3-10,15,19,24H,1-2,11-14H2,(H,25,28)/t15-,19-/m1/s1. The van der Waals surface area contributed by atoms with Crippen molar-refractivity contribution in [2.75, 3.05) is 29.9 Å². The van der Waals surface area contributed by atoms with E-state index in [0.717, 1.165) is 12.8 Å². The van der Waals surface area contributed by atoms with Gasteiger partial charge in [0.1, 0.15) is 5.82 Å². The first-order valence-corrected chi connectivity index (χ1v) is 11.9. The molecule has 2 heterocycles. The molecule has 8 nitrogen and oxygen atoms in total. The number of anilines is 2. The molecule has 170 valence electrons. The number of sulfonamides is 1. The van der Waals surface area contributed by atoms with Crippen LogP contribution >= 0.6 is 0 Å². The fourth-order valence-electron chi connectivity index (χ4n) is 3.81. The first-order chi connectivity index (χ1) is 15.3. The number of nitrogens with one attached hydrogen (secondary N) is 2. The summed E-state index contributed by atoms with van der Waals surface area (Å²) >= 11 is 0. The number of nitrogens with zero attached hydrogens (tertiary/aromatic N) is 1. The summed E-state index contributed by atoms with van der Waals surface area (Å²) in [6, 6.07) is 11.4. The Hall–Kier alpha value is -2.82. The minimum absolute atomic E-state index is 0.0445. The first-order valence-electron chi connectivity index (χ1n) is 10.4. The Morgan fingerprint density at radius 1 is 1.12 bits per heavy atom. The van der Waals surface area contributed by atoms with Crippen molar-refractivity contribution in [2.45, 2.75) is 30.3 Å². The normalized spacial score (nSPS) is 21.2. The number of rotatable bonds is 7. The van der Waals surface area contributed by atoms with Gasteiger partial charge in [-0.05, 0) is 61.4 Å². The van der Waals surface area contributed by atoms with Crippen LogP contribution in [0.5, 0.6) is 0 Å². The molecule has 0 radical (unpaired) electrons. The van der Waals surface area contributed by atoms with E-state index in [1.165, 1.54) is 53.4 Å². The van der Waals surface area contributed by atoms with E-state index in [1.54, 1.807) is 0 Å². The van der Waals surface area contributed by atoms with Crippen molar-refractivity contribution in [2.24, 2.45) is 5.92 Å². The van der Waals surface area contributed by atoms with Gasteiger partial charge in [-0.3, -0.25) is 9.59 Å². The molecule has 2 atom stereocenters. The van der Waals surface area contributed by atoms with Gasteiger partial charge in [-0.15, -0.1) is 0 Å². The fourth-order valence-corrected chi connectivity index (χ4v) is 4.87. The van der Waals surface area contributed by atoms with Gasteiger partial charge in [0.25, 0.3) is 0 Å². The summed E-state index contributed by atoms with van der Waals surface area (Å²) in [6.07, 6.45) is 1.69. The Morgan fingerprint density at radius 2 is 1.84 bits per heavy atom. The summed E-state index contributed by atoms with van der Waals surface area (Å²) in [5, 5.41) is 2.73. The summed E-state index contributed by atoms with van der Waals surface area (Å²) in [4.78, 5) is 26.5. The van der Waals surface area contributed by atoms with Gasteiger partial charge in [0.15, 0.2) is 0 Å². The molecule has 2 aliphatic rings. The zero-order valence-corrected chi connectivity index (χ0v) is 18.1. The van der Waals surface area contributed by atoms with Gasteiger partial charge in [-0.1, -0.05) is 0 Å². The van der Waals surface area contributed by atoms with Crippen LogP contribution in [0.25, 0.3) is 0 Å². The molecule has 4 rings (SSSR count). The van der Waals surface area contributed by atoms with Gasteiger partial charge in [0, 0.05) is 37.5 Å². The van der Waals surface area contributed by atoms with Crippen molar-refractivity contribution < 1.29 is 27.1 Å². The zero-order valence-electron chi connectivity index (χ0n) is 17.3. The molecule has 2 amide bonds. The summed E-state index contributed by atoms with van der Waals surface area (Å²) in [5.74, 6) is -1.52. The molecule has 10 heteroatoms. The number of amides is 2. The third-order valence-corrected chi connectivity index (χ3v) is 7.03. The van der Waals surface area contributed by atoms with Crippen LogP contribution < -0.4 is 14.9 Å². The van der Waals surface area contributed by atoms with Gasteiger partial charge in [-0.2, -0.15) is 0 Å². The number of carbonyl (C=O) groups excluding carboxylic acids is 2. The monoisotopic (exact) mass is 461 g/mol. The lowest BCUT2D eigenvalue weighted by Gasteiger charge is -2.16. The summed E-state index contributed by atoms with van der Waals surface area (Å²) in [6.45, 7) is 1.06. The lowest BCUT2D eigenvalue weighted by molar-refractivity contribution is -0.122. The van der Waals surface area contributed by atoms with Crippen LogP contribution in [0.3, 0.4) is 0 Å². The molecule has 2 aliphatic heterocycles. The second-order valence-electron chi connectivity index (χ2n) is 7.88. The highest BCUT2D eigenvalue weighted by Gasteiger charge is 2.35. The lowest BCUT2D eigenvalue weighted by atomic mass is 10.1. The molecule has 2 fully saturated rings. The Labute approximate surface area is 185 Å². The molecule has 0 spiro atoms. The molecule has 32 heavy (non-hydrogen) atoms. The van der Waals surface area contributed by atoms with E-state index in [4.69, 9.17) is 4.74 Å². The smallest absolute Gasteiger partial charge is 0.240 e. The van der Waals surface area contributed by atoms with Crippen molar-refractivity contribution in [3.63, 3.8) is 0 Å². The van der Waals surface area contributed by atoms with E-state index in [9.17, 15) is 22.4 Å². The number of ether oxygens (including phenoxy) is 1. The average Bonchev–Trinajstić information content (AvgIpc) is 3.43. The molecule has 0 saturated carbocycles. The number of carbonyl (C=O) groups is 2. The lowest BCUT2D eigenvalue weighted by Crippen LogP contribution is -2.31. The van der Waals surface area contributed by atoms with Crippen molar-refractivity contribution >= 4 is 33.2 Å². The molecule has 2 N–H and O–H groups in total. The third kappa shape index (κ3) is 5.14. The predicted octanol–water partition coefficient (Wildman–Crippen LogP) is 2.27. The van der Waals surface area contributed by atoms with Crippen LogP contribution in [0.1, 0.15) is 19.3 Å². The van der Waals surface area contributed by atoms with Gasteiger partial charge < -0.3 is 15.0 Å². The SMILES string of the molecule is O=C(Nc1ccc(S(=O)(=O)NC[C@H]2CCCO2)cc1)[C@@H]1CC(=O)N(c2ccc(F)cc2)C1. The molecule has 0 unspecified atom stereocenters. The number of hydrogen-bond donors (Lipinski definition) is 2. The van der Waals surface area contributed by atoms with E-state index in [1.807, 2.05) is 0 Å².